The molecule has 13 nitrogen and oxygen atoms in total. The first-order valence-corrected chi connectivity index (χ1v) is 8.73. The Hall–Kier alpha value is -0.520. The van der Waals surface area contributed by atoms with Gasteiger partial charge >= 0.3 is 0 Å². The van der Waals surface area contributed by atoms with Crippen LogP contribution in [0.1, 0.15) is 0 Å². The molecule has 0 spiro atoms. The van der Waals surface area contributed by atoms with Crippen molar-refractivity contribution in [1.82, 2.24) is 0 Å². The summed E-state index contributed by atoms with van der Waals surface area (Å²) in [5.41, 5.74) is 0. The highest BCUT2D eigenvalue weighted by Gasteiger charge is 2.45. The topological polar surface area (TPSA) is 219 Å². The molecule has 2 rings (SSSR count). The van der Waals surface area contributed by atoms with Crippen molar-refractivity contribution in [3.05, 3.63) is 0 Å². The average Bonchev–Trinajstić information content (AvgIpc) is 2.69. The summed E-state index contributed by atoms with van der Waals surface area (Å²) in [7, 11) is 0. The third-order valence-electron chi connectivity index (χ3n) is 4.60. The largest absolute Gasteiger partial charge is 0.394 e. The Morgan fingerprint density at radius 3 is 1.29 bits per heavy atom. The average molecular weight is 416 g/mol. The van der Waals surface area contributed by atoms with Gasteiger partial charge in [0, 0.05) is 0 Å². The maximum Gasteiger partial charge on any atom is 0.186 e. The van der Waals surface area contributed by atoms with Crippen LogP contribution in [0, 0.1) is 0 Å². The molecule has 0 bridgehead atoms. The molecule has 0 aromatic rings. The lowest BCUT2D eigenvalue weighted by atomic mass is 9.99. The Bertz CT molecular complexity index is 423. The van der Waals surface area contributed by atoms with Crippen LogP contribution in [0.4, 0.5) is 0 Å². The Balaban J connectivity index is 1.80. The molecule has 0 aromatic heterocycles. The van der Waals surface area contributed by atoms with Gasteiger partial charge in [0.2, 0.25) is 0 Å². The summed E-state index contributed by atoms with van der Waals surface area (Å²) in [4.78, 5) is 0. The molecule has 9 N–H and O–H groups in total. The number of rotatable bonds is 8. The molecule has 2 unspecified atom stereocenters. The van der Waals surface area contributed by atoms with Crippen molar-refractivity contribution in [2.24, 2.45) is 0 Å². The number of hydrogen-bond acceptors (Lipinski definition) is 13. The fourth-order valence-electron chi connectivity index (χ4n) is 2.87. The van der Waals surface area contributed by atoms with Crippen LogP contribution in [0.25, 0.3) is 0 Å². The minimum Gasteiger partial charge on any atom is -0.394 e. The second kappa shape index (κ2) is 10.5. The van der Waals surface area contributed by atoms with Crippen molar-refractivity contribution in [3.63, 3.8) is 0 Å². The van der Waals surface area contributed by atoms with E-state index in [-0.39, 0.29) is 0 Å². The Labute approximate surface area is 159 Å². The van der Waals surface area contributed by atoms with Crippen LogP contribution in [-0.4, -0.2) is 140 Å². The molecule has 0 aromatic carbocycles. The summed E-state index contributed by atoms with van der Waals surface area (Å²) in [6.07, 6.45) is -16.1. The summed E-state index contributed by atoms with van der Waals surface area (Å²) in [5, 5.41) is 86.5. The van der Waals surface area contributed by atoms with Gasteiger partial charge in [-0.2, -0.15) is 0 Å². The lowest BCUT2D eigenvalue weighted by Crippen LogP contribution is -2.60. The molecule has 2 saturated heterocycles. The van der Waals surface area contributed by atoms with Gasteiger partial charge in [0.05, 0.1) is 26.4 Å². The number of hydrogen-bond donors (Lipinski definition) is 9. The van der Waals surface area contributed by atoms with Crippen molar-refractivity contribution >= 4 is 0 Å². The SMILES string of the molecule is OC[C@H]1OC(OCC(O)COC2O[C@H](CO)[C@H](O)[C@H](O)[C@H]2O)[C@H](O)[C@@H](O)[C@H]1O. The highest BCUT2D eigenvalue weighted by Crippen LogP contribution is 2.23. The summed E-state index contributed by atoms with van der Waals surface area (Å²) >= 11 is 0. The van der Waals surface area contributed by atoms with E-state index in [2.05, 4.69) is 0 Å². The second-order valence-electron chi connectivity index (χ2n) is 6.72. The Morgan fingerprint density at radius 2 is 0.964 bits per heavy atom. The first-order valence-electron chi connectivity index (χ1n) is 8.73. The van der Waals surface area contributed by atoms with Crippen LogP contribution in [0.2, 0.25) is 0 Å². The maximum atomic E-state index is 9.92. The van der Waals surface area contributed by atoms with Crippen molar-refractivity contribution in [3.8, 4) is 0 Å². The Kier molecular flexibility index (Phi) is 8.90. The van der Waals surface area contributed by atoms with Crippen LogP contribution in [0.15, 0.2) is 0 Å². The molecule has 28 heavy (non-hydrogen) atoms. The molecule has 0 amide bonds. The molecule has 0 saturated carbocycles. The van der Waals surface area contributed by atoms with E-state index in [0.29, 0.717) is 0 Å². The highest BCUT2D eigenvalue weighted by molar-refractivity contribution is 4.90. The lowest BCUT2D eigenvalue weighted by Gasteiger charge is -2.40. The Morgan fingerprint density at radius 1 is 0.607 bits per heavy atom. The van der Waals surface area contributed by atoms with Crippen LogP contribution < -0.4 is 0 Å². The van der Waals surface area contributed by atoms with Crippen molar-refractivity contribution in [2.45, 2.75) is 67.5 Å². The molecule has 2 aliphatic heterocycles. The minimum absolute atomic E-state index is 0.458. The van der Waals surface area contributed by atoms with Gasteiger partial charge < -0.3 is 64.9 Å². The van der Waals surface area contributed by atoms with E-state index in [1.165, 1.54) is 0 Å². The lowest BCUT2D eigenvalue weighted by molar-refractivity contribution is -0.314. The first kappa shape index (κ1) is 23.8. The molecule has 2 heterocycles. The fourth-order valence-corrected chi connectivity index (χ4v) is 2.87. The van der Waals surface area contributed by atoms with E-state index in [0.717, 1.165) is 0 Å². The zero-order chi connectivity index (χ0) is 21.0. The standard InChI is InChI=1S/C15H28O13/c16-1-6-8(19)10(21)12(23)14(27-6)25-3-5(18)4-26-15-13(24)11(22)9(20)7(2-17)28-15/h5-24H,1-4H2/t5?,6-,7-,8+,9+,10+,11+,12-,13-,14?,15?/m1/s1. The number of aliphatic hydroxyl groups excluding tert-OH is 9. The van der Waals surface area contributed by atoms with Crippen LogP contribution in [-0.2, 0) is 18.9 Å². The summed E-state index contributed by atoms with van der Waals surface area (Å²) < 4.78 is 20.5. The maximum absolute atomic E-state index is 9.92. The molecule has 2 fully saturated rings. The van der Waals surface area contributed by atoms with Crippen LogP contribution in [0.3, 0.4) is 0 Å². The molecular formula is C15H28O13. The zero-order valence-corrected chi connectivity index (χ0v) is 14.8. The minimum atomic E-state index is -1.63. The molecule has 0 aliphatic carbocycles. The van der Waals surface area contributed by atoms with E-state index >= 15 is 0 Å². The molecule has 10 atom stereocenters. The number of ether oxygens (including phenoxy) is 4. The monoisotopic (exact) mass is 416 g/mol. The third-order valence-corrected chi connectivity index (χ3v) is 4.60. The first-order chi connectivity index (χ1) is 13.2. The third kappa shape index (κ3) is 5.34. The van der Waals surface area contributed by atoms with E-state index in [9.17, 15) is 35.7 Å². The predicted molar refractivity (Wildman–Crippen MR) is 85.4 cm³/mol. The summed E-state index contributed by atoms with van der Waals surface area (Å²) in [5.74, 6) is 0. The van der Waals surface area contributed by atoms with Crippen molar-refractivity contribution < 1.29 is 64.9 Å². The zero-order valence-electron chi connectivity index (χ0n) is 14.8. The summed E-state index contributed by atoms with van der Waals surface area (Å²) in [6.45, 7) is -2.18. The van der Waals surface area contributed by atoms with Gasteiger partial charge in [-0.3, -0.25) is 0 Å². The van der Waals surface area contributed by atoms with Crippen LogP contribution >= 0.6 is 0 Å². The molecule has 166 valence electrons. The van der Waals surface area contributed by atoms with E-state index in [1.807, 2.05) is 0 Å². The normalized spacial score (nSPS) is 45.8. The van der Waals surface area contributed by atoms with Gasteiger partial charge in [0.1, 0.15) is 54.9 Å². The molecule has 13 heteroatoms. The smallest absolute Gasteiger partial charge is 0.186 e. The van der Waals surface area contributed by atoms with Gasteiger partial charge in [0.25, 0.3) is 0 Å². The van der Waals surface area contributed by atoms with Gasteiger partial charge in [-0.05, 0) is 0 Å². The van der Waals surface area contributed by atoms with Gasteiger partial charge in [-0.15, -0.1) is 0 Å². The highest BCUT2D eigenvalue weighted by atomic mass is 16.7. The van der Waals surface area contributed by atoms with Crippen molar-refractivity contribution in [1.29, 1.82) is 0 Å². The predicted octanol–water partition coefficient (Wildman–Crippen LogP) is -6.02. The van der Waals surface area contributed by atoms with Gasteiger partial charge in [-0.25, -0.2) is 0 Å². The van der Waals surface area contributed by atoms with E-state index in [4.69, 9.17) is 29.2 Å². The van der Waals surface area contributed by atoms with Crippen molar-refractivity contribution in [2.75, 3.05) is 26.4 Å². The summed E-state index contributed by atoms with van der Waals surface area (Å²) in [6, 6.07) is 0. The van der Waals surface area contributed by atoms with E-state index in [1.54, 1.807) is 0 Å². The van der Waals surface area contributed by atoms with Crippen LogP contribution in [0.5, 0.6) is 0 Å². The van der Waals surface area contributed by atoms with Gasteiger partial charge in [-0.1, -0.05) is 0 Å². The quantitative estimate of drug-likeness (QED) is 0.180. The second-order valence-corrected chi connectivity index (χ2v) is 6.72. The number of aliphatic hydroxyl groups is 9. The molecule has 0 radical (unpaired) electrons. The fraction of sp³-hybridized carbons (Fsp3) is 1.00. The molecular weight excluding hydrogens is 388 g/mol. The molecule has 2 aliphatic rings. The van der Waals surface area contributed by atoms with E-state index < -0.39 is 93.9 Å². The van der Waals surface area contributed by atoms with Gasteiger partial charge in [0.15, 0.2) is 12.6 Å².